The Morgan fingerprint density at radius 2 is 1.57 bits per heavy atom. The predicted molar refractivity (Wildman–Crippen MR) is 179 cm³/mol. The molecule has 1 aliphatic rings. The Kier molecular flexibility index (Phi) is 9.15. The number of aryl methyl sites for hydroxylation is 2. The van der Waals surface area contributed by atoms with Gasteiger partial charge in [-0.2, -0.15) is 5.10 Å². The molecule has 1 unspecified atom stereocenters. The van der Waals surface area contributed by atoms with Crippen molar-refractivity contribution in [1.29, 1.82) is 0 Å². The van der Waals surface area contributed by atoms with Gasteiger partial charge in [0, 0.05) is 68.4 Å². The summed E-state index contributed by atoms with van der Waals surface area (Å²) in [5.74, 6) is 0.350. The monoisotopic (exact) mass is 610 g/mol. The van der Waals surface area contributed by atoms with Gasteiger partial charge in [-0.25, -0.2) is 9.97 Å². The van der Waals surface area contributed by atoms with E-state index in [0.29, 0.717) is 25.3 Å². The van der Waals surface area contributed by atoms with Crippen molar-refractivity contribution in [3.05, 3.63) is 143 Å². The van der Waals surface area contributed by atoms with Crippen LogP contribution >= 0.6 is 0 Å². The van der Waals surface area contributed by atoms with E-state index in [-0.39, 0.29) is 18.4 Å². The Morgan fingerprint density at radius 1 is 0.870 bits per heavy atom. The molecule has 3 heterocycles. The largest absolute Gasteiger partial charge is 0.336 e. The van der Waals surface area contributed by atoms with Gasteiger partial charge < -0.3 is 9.80 Å². The van der Waals surface area contributed by atoms with Crippen molar-refractivity contribution in [1.82, 2.24) is 29.5 Å². The molecule has 2 amide bonds. The molecule has 3 aromatic carbocycles. The lowest BCUT2D eigenvalue weighted by Gasteiger charge is -2.37. The molecule has 8 heteroatoms. The van der Waals surface area contributed by atoms with Crippen molar-refractivity contribution in [2.75, 3.05) is 6.54 Å². The molecule has 8 nitrogen and oxygen atoms in total. The average Bonchev–Trinajstić information content (AvgIpc) is 3.34. The van der Waals surface area contributed by atoms with Crippen molar-refractivity contribution in [3.8, 4) is 11.4 Å². The first-order chi connectivity index (χ1) is 22.4. The number of benzene rings is 3. The zero-order chi connectivity index (χ0) is 32.0. The van der Waals surface area contributed by atoms with Crippen LogP contribution in [0.1, 0.15) is 39.2 Å². The first kappa shape index (κ1) is 30.6. The highest BCUT2D eigenvalue weighted by Crippen LogP contribution is 2.24. The minimum absolute atomic E-state index is 0.0526. The number of fused-ring (bicyclic) bond motifs is 1. The van der Waals surface area contributed by atoms with Gasteiger partial charge in [0.1, 0.15) is 6.04 Å². The fourth-order valence-electron chi connectivity index (χ4n) is 6.09. The number of nitrogens with zero attached hydrogens (tertiary/aromatic N) is 6. The minimum atomic E-state index is -0.710. The molecule has 46 heavy (non-hydrogen) atoms. The summed E-state index contributed by atoms with van der Waals surface area (Å²) in [6, 6.07) is 27.2. The Hall–Kier alpha value is -5.37. The Labute approximate surface area is 270 Å². The molecule has 0 N–H and O–H groups in total. The number of amides is 2. The second-order valence-corrected chi connectivity index (χ2v) is 11.8. The van der Waals surface area contributed by atoms with Crippen molar-refractivity contribution in [2.45, 2.75) is 45.8 Å². The Balaban J connectivity index is 1.36. The van der Waals surface area contributed by atoms with Crippen LogP contribution in [0.2, 0.25) is 0 Å². The first-order valence-corrected chi connectivity index (χ1v) is 15.6. The Bertz CT molecular complexity index is 1850. The van der Waals surface area contributed by atoms with Crippen LogP contribution in [0.3, 0.4) is 0 Å². The highest BCUT2D eigenvalue weighted by molar-refractivity contribution is 5.96. The molecule has 1 aliphatic heterocycles. The van der Waals surface area contributed by atoms with Crippen molar-refractivity contribution >= 4 is 17.9 Å². The fraction of sp³-hybridized carbons (Fsp3) is 0.237. The quantitative estimate of drug-likeness (QED) is 0.199. The first-order valence-electron chi connectivity index (χ1n) is 15.6. The van der Waals surface area contributed by atoms with Gasteiger partial charge in [0.05, 0.1) is 5.69 Å². The summed E-state index contributed by atoms with van der Waals surface area (Å²) in [7, 11) is 1.89. The fourth-order valence-corrected chi connectivity index (χ4v) is 6.09. The molecule has 0 fully saturated rings. The molecule has 0 bridgehead atoms. The van der Waals surface area contributed by atoms with Crippen LogP contribution in [-0.4, -0.2) is 53.9 Å². The maximum absolute atomic E-state index is 14.6. The van der Waals surface area contributed by atoms with Crippen LogP contribution in [-0.2, 0) is 42.6 Å². The van der Waals surface area contributed by atoms with E-state index in [0.717, 1.165) is 45.6 Å². The molecule has 1 atom stereocenters. The van der Waals surface area contributed by atoms with Crippen LogP contribution in [0.25, 0.3) is 17.5 Å². The third kappa shape index (κ3) is 6.81. The van der Waals surface area contributed by atoms with Gasteiger partial charge in [-0.15, -0.1) is 0 Å². The van der Waals surface area contributed by atoms with E-state index in [1.54, 1.807) is 29.4 Å². The molecule has 232 valence electrons. The molecule has 0 saturated heterocycles. The third-order valence-corrected chi connectivity index (χ3v) is 8.75. The van der Waals surface area contributed by atoms with Crippen LogP contribution in [0.4, 0.5) is 0 Å². The second-order valence-electron chi connectivity index (χ2n) is 11.8. The Morgan fingerprint density at radius 3 is 2.26 bits per heavy atom. The van der Waals surface area contributed by atoms with Crippen molar-refractivity contribution in [3.63, 3.8) is 0 Å². The van der Waals surface area contributed by atoms with Crippen LogP contribution in [0.5, 0.6) is 0 Å². The van der Waals surface area contributed by atoms with E-state index in [1.165, 1.54) is 5.56 Å². The topological polar surface area (TPSA) is 84.2 Å². The number of hydrogen-bond donors (Lipinski definition) is 0. The number of rotatable bonds is 9. The van der Waals surface area contributed by atoms with Crippen LogP contribution < -0.4 is 0 Å². The normalized spacial score (nSPS) is 13.4. The molecular weight excluding hydrogens is 572 g/mol. The summed E-state index contributed by atoms with van der Waals surface area (Å²) < 4.78 is 1.81. The van der Waals surface area contributed by atoms with Gasteiger partial charge in [0.2, 0.25) is 11.8 Å². The smallest absolute Gasteiger partial charge is 0.247 e. The van der Waals surface area contributed by atoms with Crippen LogP contribution in [0, 0.1) is 13.8 Å². The average molecular weight is 611 g/mol. The van der Waals surface area contributed by atoms with Crippen molar-refractivity contribution < 1.29 is 9.59 Å². The molecule has 0 saturated carbocycles. The zero-order valence-corrected chi connectivity index (χ0v) is 26.5. The summed E-state index contributed by atoms with van der Waals surface area (Å²) in [5.41, 5.74) is 7.93. The molecule has 5 aromatic rings. The maximum atomic E-state index is 14.6. The summed E-state index contributed by atoms with van der Waals surface area (Å²) in [5, 5.41) is 4.50. The number of carbonyl (C=O) groups excluding carboxylic acids is 2. The maximum Gasteiger partial charge on any atom is 0.247 e. The zero-order valence-electron chi connectivity index (χ0n) is 26.5. The highest BCUT2D eigenvalue weighted by atomic mass is 16.2. The van der Waals surface area contributed by atoms with E-state index >= 15 is 0 Å². The number of carbonyl (C=O) groups is 2. The SMILES string of the molecule is Cc1nn(C)c(C)c1C=CC(=O)N(Cc1ccc(-c2ncccn2)cc1)C(Cc1ccccc1)C(=O)N1CCc2ccccc2C1. The van der Waals surface area contributed by atoms with E-state index in [2.05, 4.69) is 27.2 Å². The second kappa shape index (κ2) is 13.7. The lowest BCUT2D eigenvalue weighted by molar-refractivity contribution is -0.144. The standard InChI is InChI=1S/C38H38N6O2/c1-27-34(28(2)42(3)41-27)18-19-36(45)44(25-30-14-16-32(17-15-30)37-39-21-9-22-40-37)35(24-29-10-5-4-6-11-29)38(46)43-23-20-31-12-7-8-13-33(31)26-43/h4-19,21-22,35H,20,23-26H2,1-3H3. The summed E-state index contributed by atoms with van der Waals surface area (Å²) in [6.45, 7) is 5.31. The summed E-state index contributed by atoms with van der Waals surface area (Å²) >= 11 is 0. The van der Waals surface area contributed by atoms with Gasteiger partial charge in [0.15, 0.2) is 5.82 Å². The predicted octanol–water partition coefficient (Wildman–Crippen LogP) is 5.73. The van der Waals surface area contributed by atoms with Gasteiger partial charge in [-0.1, -0.05) is 78.9 Å². The van der Waals surface area contributed by atoms with Gasteiger partial charge >= 0.3 is 0 Å². The minimum Gasteiger partial charge on any atom is -0.336 e. The van der Waals surface area contributed by atoms with Gasteiger partial charge in [0.25, 0.3) is 0 Å². The van der Waals surface area contributed by atoms with Gasteiger partial charge in [-0.05, 0) is 54.7 Å². The molecule has 0 aliphatic carbocycles. The number of hydrogen-bond acceptors (Lipinski definition) is 5. The van der Waals surface area contributed by atoms with Crippen molar-refractivity contribution in [2.24, 2.45) is 7.05 Å². The van der Waals surface area contributed by atoms with E-state index in [4.69, 9.17) is 0 Å². The summed E-state index contributed by atoms with van der Waals surface area (Å²) in [6.07, 6.45) is 8.03. The molecule has 2 aromatic heterocycles. The third-order valence-electron chi connectivity index (χ3n) is 8.75. The lowest BCUT2D eigenvalue weighted by Crippen LogP contribution is -2.52. The molecule has 0 radical (unpaired) electrons. The lowest BCUT2D eigenvalue weighted by atomic mass is 9.97. The van der Waals surface area contributed by atoms with E-state index < -0.39 is 6.04 Å². The molecular formula is C38H38N6O2. The number of aromatic nitrogens is 4. The summed E-state index contributed by atoms with van der Waals surface area (Å²) in [4.78, 5) is 41.2. The van der Waals surface area contributed by atoms with E-state index in [9.17, 15) is 9.59 Å². The molecule has 0 spiro atoms. The highest BCUT2D eigenvalue weighted by Gasteiger charge is 2.34. The van der Waals surface area contributed by atoms with Crippen LogP contribution in [0.15, 0.2) is 103 Å². The van der Waals surface area contributed by atoms with E-state index in [1.807, 2.05) is 103 Å². The molecule has 6 rings (SSSR count). The van der Waals surface area contributed by atoms with Gasteiger partial charge in [-0.3, -0.25) is 14.3 Å².